The van der Waals surface area contributed by atoms with Gasteiger partial charge in [-0.15, -0.1) is 11.8 Å². The third-order valence-electron chi connectivity index (χ3n) is 4.08. The van der Waals surface area contributed by atoms with Gasteiger partial charge < -0.3 is 9.30 Å². The second kappa shape index (κ2) is 8.20. The predicted molar refractivity (Wildman–Crippen MR) is 106 cm³/mol. The average Bonchev–Trinajstić information content (AvgIpc) is 3.14. The first-order valence-electron chi connectivity index (χ1n) is 8.38. The monoisotopic (exact) mass is 390 g/mol. The maximum Gasteiger partial charge on any atom is 0.300 e. The number of benzene rings is 1. The van der Waals surface area contributed by atoms with Crippen molar-refractivity contribution in [2.75, 3.05) is 19.5 Å². The Bertz CT molecular complexity index is 981. The van der Waals surface area contributed by atoms with E-state index < -0.39 is 0 Å². The van der Waals surface area contributed by atoms with E-state index in [1.807, 2.05) is 25.5 Å². The van der Waals surface area contributed by atoms with E-state index in [4.69, 9.17) is 4.74 Å². The van der Waals surface area contributed by atoms with E-state index in [0.717, 1.165) is 15.9 Å². The molecule has 2 aromatic heterocycles. The highest BCUT2D eigenvalue weighted by atomic mass is 32.2. The zero-order chi connectivity index (χ0) is 18.7. The van der Waals surface area contributed by atoms with Gasteiger partial charge in [0.25, 0.3) is 5.91 Å². The van der Waals surface area contributed by atoms with E-state index in [1.165, 1.54) is 16.2 Å². The Balaban J connectivity index is 2.06. The number of thioether (sulfide) groups is 1. The van der Waals surface area contributed by atoms with Gasteiger partial charge in [0.15, 0.2) is 10.5 Å². The van der Waals surface area contributed by atoms with Crippen LogP contribution in [0.1, 0.15) is 23.1 Å². The summed E-state index contributed by atoms with van der Waals surface area (Å²) in [5.41, 5.74) is 2.36. The molecule has 0 atom stereocenters. The van der Waals surface area contributed by atoms with Gasteiger partial charge in [-0.2, -0.15) is 10.1 Å². The van der Waals surface area contributed by atoms with Gasteiger partial charge >= 0.3 is 0 Å². The Morgan fingerprint density at radius 2 is 2.19 bits per heavy atom. The number of carbonyl (C=O) groups excluding carboxylic acids is 1. The van der Waals surface area contributed by atoms with Crippen LogP contribution in [0, 0.1) is 6.92 Å². The standard InChI is InChI=1S/C18H22N4O2S2/c1-5-24-9-8-22-15-7-6-13(25-4)11-16(15)26-18(22)19-17(23)14-10-12(2)21(3)20-14/h6-7,10-11H,5,8-9H2,1-4H3. The van der Waals surface area contributed by atoms with E-state index in [-0.39, 0.29) is 5.91 Å². The van der Waals surface area contributed by atoms with Crippen molar-refractivity contribution >= 4 is 39.2 Å². The number of carbonyl (C=O) groups is 1. The Hall–Kier alpha value is -1.90. The molecule has 3 rings (SSSR count). The Morgan fingerprint density at radius 3 is 2.85 bits per heavy atom. The number of nitrogens with zero attached hydrogens (tertiary/aromatic N) is 4. The summed E-state index contributed by atoms with van der Waals surface area (Å²) in [5, 5.41) is 4.23. The number of fused-ring (bicyclic) bond motifs is 1. The number of aromatic nitrogens is 3. The number of hydrogen-bond donors (Lipinski definition) is 0. The lowest BCUT2D eigenvalue weighted by molar-refractivity contribution is 0.0991. The smallest absolute Gasteiger partial charge is 0.300 e. The van der Waals surface area contributed by atoms with E-state index in [2.05, 4.69) is 34.5 Å². The summed E-state index contributed by atoms with van der Waals surface area (Å²) in [7, 11) is 1.82. The molecule has 0 aliphatic heterocycles. The largest absolute Gasteiger partial charge is 0.380 e. The van der Waals surface area contributed by atoms with Crippen LogP contribution in [0.25, 0.3) is 10.2 Å². The summed E-state index contributed by atoms with van der Waals surface area (Å²) in [6.45, 7) is 5.78. The minimum absolute atomic E-state index is 0.324. The molecule has 0 saturated heterocycles. The SMILES string of the molecule is CCOCCn1c(=NC(=O)c2cc(C)n(C)n2)sc2cc(SC)ccc21. The van der Waals surface area contributed by atoms with E-state index in [1.54, 1.807) is 22.5 Å². The molecule has 0 fully saturated rings. The van der Waals surface area contributed by atoms with Crippen molar-refractivity contribution in [1.29, 1.82) is 0 Å². The van der Waals surface area contributed by atoms with Crippen LogP contribution in [-0.2, 0) is 18.3 Å². The van der Waals surface area contributed by atoms with Gasteiger partial charge in [-0.3, -0.25) is 9.48 Å². The molecule has 0 bridgehead atoms. The Morgan fingerprint density at radius 1 is 1.38 bits per heavy atom. The van der Waals surface area contributed by atoms with Gasteiger partial charge in [0.05, 0.1) is 16.8 Å². The fraction of sp³-hybridized carbons (Fsp3) is 0.389. The van der Waals surface area contributed by atoms with Crippen LogP contribution < -0.4 is 4.80 Å². The Kier molecular flexibility index (Phi) is 5.95. The predicted octanol–water partition coefficient (Wildman–Crippen LogP) is 3.24. The molecule has 0 aliphatic carbocycles. The van der Waals surface area contributed by atoms with E-state index in [9.17, 15) is 4.79 Å². The van der Waals surface area contributed by atoms with Gasteiger partial charge in [-0.05, 0) is 44.4 Å². The first-order valence-corrected chi connectivity index (χ1v) is 10.4. The van der Waals surface area contributed by atoms with Crippen LogP contribution >= 0.6 is 23.1 Å². The molecule has 138 valence electrons. The zero-order valence-corrected chi connectivity index (χ0v) is 17.0. The Labute approximate surface area is 160 Å². The van der Waals surface area contributed by atoms with Crippen LogP contribution in [0.2, 0.25) is 0 Å². The molecule has 0 N–H and O–H groups in total. The van der Waals surface area contributed by atoms with E-state index >= 15 is 0 Å². The number of thiazole rings is 1. The lowest BCUT2D eigenvalue weighted by Crippen LogP contribution is -2.20. The van der Waals surface area contributed by atoms with Gasteiger partial charge in [0.2, 0.25) is 0 Å². The molecule has 8 heteroatoms. The van der Waals surface area contributed by atoms with Gasteiger partial charge in [-0.25, -0.2) is 0 Å². The van der Waals surface area contributed by atoms with Crippen molar-refractivity contribution < 1.29 is 9.53 Å². The number of aryl methyl sites for hydroxylation is 2. The maximum absolute atomic E-state index is 12.6. The van der Waals surface area contributed by atoms with Gasteiger partial charge in [-0.1, -0.05) is 11.3 Å². The van der Waals surface area contributed by atoms with Crippen LogP contribution in [0.5, 0.6) is 0 Å². The summed E-state index contributed by atoms with van der Waals surface area (Å²) < 4.78 is 10.3. The number of ether oxygens (including phenoxy) is 1. The van der Waals surface area contributed by atoms with Crippen LogP contribution in [-0.4, -0.2) is 39.7 Å². The molecule has 1 amide bonds. The quantitative estimate of drug-likeness (QED) is 0.479. The van der Waals surface area contributed by atoms with E-state index in [0.29, 0.717) is 30.3 Å². The molecule has 0 aliphatic rings. The average molecular weight is 391 g/mol. The molecular weight excluding hydrogens is 368 g/mol. The third kappa shape index (κ3) is 3.92. The third-order valence-corrected chi connectivity index (χ3v) is 5.85. The topological polar surface area (TPSA) is 61.4 Å². The van der Waals surface area contributed by atoms with Crippen molar-refractivity contribution in [3.63, 3.8) is 0 Å². The molecular formula is C18H22N4O2S2. The highest BCUT2D eigenvalue weighted by Crippen LogP contribution is 2.24. The lowest BCUT2D eigenvalue weighted by Gasteiger charge is -2.05. The number of amides is 1. The fourth-order valence-corrected chi connectivity index (χ4v) is 4.20. The second-order valence-electron chi connectivity index (χ2n) is 5.78. The van der Waals surface area contributed by atoms with Crippen molar-refractivity contribution in [3.8, 4) is 0 Å². The van der Waals surface area contributed by atoms with Crippen molar-refractivity contribution in [3.05, 3.63) is 40.5 Å². The summed E-state index contributed by atoms with van der Waals surface area (Å²) >= 11 is 3.22. The minimum Gasteiger partial charge on any atom is -0.380 e. The zero-order valence-electron chi connectivity index (χ0n) is 15.4. The highest BCUT2D eigenvalue weighted by Gasteiger charge is 2.13. The van der Waals surface area contributed by atoms with Crippen molar-refractivity contribution in [2.45, 2.75) is 25.3 Å². The molecule has 0 saturated carbocycles. The molecule has 0 spiro atoms. The molecule has 26 heavy (non-hydrogen) atoms. The maximum atomic E-state index is 12.6. The van der Waals surface area contributed by atoms with Crippen LogP contribution in [0.15, 0.2) is 34.2 Å². The van der Waals surface area contributed by atoms with Crippen LogP contribution in [0.4, 0.5) is 0 Å². The van der Waals surface area contributed by atoms with Gasteiger partial charge in [0, 0.05) is 30.8 Å². The summed E-state index contributed by atoms with van der Waals surface area (Å²) in [6.07, 6.45) is 2.05. The summed E-state index contributed by atoms with van der Waals surface area (Å²) in [6, 6.07) is 8.06. The van der Waals surface area contributed by atoms with Crippen LogP contribution in [0.3, 0.4) is 0 Å². The highest BCUT2D eigenvalue weighted by molar-refractivity contribution is 7.98. The summed E-state index contributed by atoms with van der Waals surface area (Å²) in [4.78, 5) is 18.8. The molecule has 0 radical (unpaired) electrons. The van der Waals surface area contributed by atoms with Gasteiger partial charge in [0.1, 0.15) is 0 Å². The first-order chi connectivity index (χ1) is 12.5. The molecule has 6 nitrogen and oxygen atoms in total. The number of rotatable bonds is 6. The normalized spacial score (nSPS) is 12.2. The molecule has 2 heterocycles. The number of hydrogen-bond acceptors (Lipinski definition) is 5. The first kappa shape index (κ1) is 18.9. The van der Waals surface area contributed by atoms with Crippen molar-refractivity contribution in [2.24, 2.45) is 12.0 Å². The molecule has 0 unspecified atom stereocenters. The fourth-order valence-electron chi connectivity index (χ4n) is 2.59. The molecule has 3 aromatic rings. The minimum atomic E-state index is -0.324. The molecule has 1 aromatic carbocycles. The lowest BCUT2D eigenvalue weighted by atomic mass is 10.3. The second-order valence-corrected chi connectivity index (χ2v) is 7.67. The van der Waals surface area contributed by atoms with Crippen molar-refractivity contribution in [1.82, 2.24) is 14.3 Å². The summed E-state index contributed by atoms with van der Waals surface area (Å²) in [5.74, 6) is -0.324.